The zero-order valence-electron chi connectivity index (χ0n) is 37.3. The van der Waals surface area contributed by atoms with Gasteiger partial charge in [-0.1, -0.05) is 49.2 Å². The highest BCUT2D eigenvalue weighted by molar-refractivity contribution is 7.90. The Bertz CT molecular complexity index is 2720. The number of nitrogens with one attached hydrogen (secondary N) is 3. The Morgan fingerprint density at radius 1 is 1.03 bits per heavy atom. The summed E-state index contributed by atoms with van der Waals surface area (Å²) in [5.74, 6) is -0.0978. The zero-order valence-corrected chi connectivity index (χ0v) is 38.8. The maximum absolute atomic E-state index is 14.2. The van der Waals surface area contributed by atoms with Crippen molar-refractivity contribution in [2.45, 2.75) is 75.9 Å². The van der Waals surface area contributed by atoms with E-state index < -0.39 is 31.4 Å². The van der Waals surface area contributed by atoms with E-state index in [-0.39, 0.29) is 34.7 Å². The van der Waals surface area contributed by atoms with Gasteiger partial charge in [0.15, 0.2) is 11.5 Å². The van der Waals surface area contributed by atoms with Crippen LogP contribution in [0.15, 0.2) is 95.7 Å². The number of sulfonamides is 1. The van der Waals surface area contributed by atoms with E-state index in [4.69, 9.17) is 25.8 Å². The first-order chi connectivity index (χ1) is 31.8. The zero-order chi connectivity index (χ0) is 46.0. The molecule has 2 saturated heterocycles. The molecular formula is C49H56ClN7O8S. The highest BCUT2D eigenvalue weighted by atomic mass is 35.5. The van der Waals surface area contributed by atoms with Crippen molar-refractivity contribution in [2.75, 3.05) is 57.3 Å². The monoisotopic (exact) mass is 937 g/mol. The number of fused-ring (bicyclic) bond motifs is 1. The van der Waals surface area contributed by atoms with Crippen LogP contribution >= 0.6 is 11.6 Å². The summed E-state index contributed by atoms with van der Waals surface area (Å²) in [5.41, 5.74) is 4.97. The number of nitrogens with zero attached hydrogens (tertiary/aromatic N) is 4. The summed E-state index contributed by atoms with van der Waals surface area (Å²) in [7, 11) is -4.62. The summed E-state index contributed by atoms with van der Waals surface area (Å²) in [6.07, 6.45) is 9.39. The smallest absolute Gasteiger partial charge is 0.312 e. The Balaban J connectivity index is 0.930. The maximum atomic E-state index is 14.2. The Kier molecular flexibility index (Phi) is 13.4. The van der Waals surface area contributed by atoms with Crippen LogP contribution in [0.3, 0.4) is 0 Å². The SMILES string of the molecule is CC1(C)CCC(CN2CCN(c3cccc(C(=O)NS(=O)(=O)c4ccc(O[C@H]5CC[C@H](C6CNCCO6)CC5)c([N+](=O)[O-])c4)c3Oc3cnc4[nH]ccc4c3)CC2)=C(c2ccc(Cl)cc2)C1. The molecule has 0 spiro atoms. The third-order valence-electron chi connectivity index (χ3n) is 13.5. The van der Waals surface area contributed by atoms with Crippen molar-refractivity contribution in [3.05, 3.63) is 117 Å². The second kappa shape index (κ2) is 19.4. The molecule has 15 nitrogen and oxygen atoms in total. The molecule has 3 aromatic carbocycles. The largest absolute Gasteiger partial charge is 0.484 e. The number of aromatic amines is 1. The van der Waals surface area contributed by atoms with E-state index in [2.05, 4.69) is 55.8 Å². The van der Waals surface area contributed by atoms with E-state index in [0.717, 1.165) is 76.3 Å². The van der Waals surface area contributed by atoms with E-state index in [9.17, 15) is 23.3 Å². The van der Waals surface area contributed by atoms with E-state index in [0.29, 0.717) is 60.6 Å². The predicted molar refractivity (Wildman–Crippen MR) is 254 cm³/mol. The Hall–Kier alpha value is -5.52. The Morgan fingerprint density at radius 3 is 2.56 bits per heavy atom. The quantitative estimate of drug-likeness (QED) is 0.0756. The molecule has 5 aromatic rings. The van der Waals surface area contributed by atoms with Crippen LogP contribution in [0.5, 0.6) is 17.2 Å². The van der Waals surface area contributed by atoms with Crippen molar-refractivity contribution in [1.82, 2.24) is 24.9 Å². The van der Waals surface area contributed by atoms with Crippen LogP contribution in [-0.4, -0.2) is 98.7 Å². The number of anilines is 1. The number of ether oxygens (including phenoxy) is 3. The second-order valence-corrected chi connectivity index (χ2v) is 20.7. The number of halogens is 1. The van der Waals surface area contributed by atoms with Gasteiger partial charge in [0.1, 0.15) is 11.4 Å². The molecule has 1 atom stereocenters. The summed E-state index contributed by atoms with van der Waals surface area (Å²) in [6, 6.07) is 20.3. The molecule has 2 aliphatic heterocycles. The number of amides is 1. The van der Waals surface area contributed by atoms with Gasteiger partial charge in [-0.05, 0) is 116 Å². The average Bonchev–Trinajstić information content (AvgIpc) is 3.79. The Morgan fingerprint density at radius 2 is 1.82 bits per heavy atom. The molecule has 1 amide bonds. The number of piperazine rings is 1. The van der Waals surface area contributed by atoms with Gasteiger partial charge in [-0.25, -0.2) is 18.1 Å². The lowest BCUT2D eigenvalue weighted by atomic mass is 9.72. The fraction of sp³-hybridized carbons (Fsp3) is 0.429. The minimum absolute atomic E-state index is 0.0257. The number of aromatic nitrogens is 2. The number of carbonyl (C=O) groups excluding carboxylic acids is 1. The third kappa shape index (κ3) is 10.4. The molecule has 66 heavy (non-hydrogen) atoms. The molecule has 3 fully saturated rings. The number of para-hydroxylation sites is 1. The lowest BCUT2D eigenvalue weighted by Crippen LogP contribution is -2.47. The molecule has 3 N–H and O–H groups in total. The maximum Gasteiger partial charge on any atom is 0.312 e. The van der Waals surface area contributed by atoms with E-state index in [1.807, 2.05) is 24.3 Å². The van der Waals surface area contributed by atoms with Crippen LogP contribution in [0.1, 0.15) is 74.7 Å². The average molecular weight is 939 g/mol. The second-order valence-electron chi connectivity index (χ2n) is 18.6. The number of pyridine rings is 1. The lowest BCUT2D eigenvalue weighted by Gasteiger charge is -2.39. The number of benzene rings is 3. The molecule has 1 saturated carbocycles. The van der Waals surface area contributed by atoms with Crippen LogP contribution in [0.4, 0.5) is 11.4 Å². The van der Waals surface area contributed by atoms with Gasteiger partial charge in [0.05, 0.1) is 46.1 Å². The highest BCUT2D eigenvalue weighted by Gasteiger charge is 2.34. The van der Waals surface area contributed by atoms with Crippen LogP contribution in [0.25, 0.3) is 16.6 Å². The van der Waals surface area contributed by atoms with Crippen molar-refractivity contribution < 1.29 is 32.3 Å². The first-order valence-corrected chi connectivity index (χ1v) is 24.7. The minimum atomic E-state index is -4.62. The number of nitro benzene ring substituents is 1. The molecule has 0 radical (unpaired) electrons. The van der Waals surface area contributed by atoms with E-state index in [1.165, 1.54) is 34.9 Å². The summed E-state index contributed by atoms with van der Waals surface area (Å²) >= 11 is 6.26. The standard InChI is InChI=1S/C49H56ClN7O8S/c1-49(2)18-16-35(41(28-49)32-6-10-36(50)11-7-32)31-55-21-23-56(24-22-55)42-5-3-4-40(46(42)65-38-26-34-17-19-52-47(34)53-29-38)48(58)54-66(61,62)39-14-15-44(43(27-39)57(59)60)64-37-12-8-33(9-13-37)45-30-51-20-25-63-45/h3-7,10-11,14-15,17,19,26-27,29,33,37,45,51H,8-9,12-13,16,18,20-25,28,30-31H2,1-2H3,(H,52,53)(H,54,58)/t33-,37-,45?. The topological polar surface area (TPSA) is 181 Å². The van der Waals surface area contributed by atoms with Gasteiger partial charge in [0.25, 0.3) is 15.9 Å². The van der Waals surface area contributed by atoms with Gasteiger partial charge < -0.3 is 29.4 Å². The van der Waals surface area contributed by atoms with Gasteiger partial charge in [-0.3, -0.25) is 19.8 Å². The normalized spacial score (nSPS) is 21.7. The summed E-state index contributed by atoms with van der Waals surface area (Å²) in [6.45, 7) is 10.5. The van der Waals surface area contributed by atoms with Crippen molar-refractivity contribution in [3.8, 4) is 17.2 Å². The minimum Gasteiger partial charge on any atom is -0.484 e. The van der Waals surface area contributed by atoms with Gasteiger partial charge >= 0.3 is 5.69 Å². The highest BCUT2D eigenvalue weighted by Crippen LogP contribution is 2.44. The van der Waals surface area contributed by atoms with Crippen molar-refractivity contribution in [1.29, 1.82) is 0 Å². The molecule has 2 aromatic heterocycles. The van der Waals surface area contributed by atoms with Gasteiger partial charge in [0.2, 0.25) is 0 Å². The molecule has 4 aliphatic rings. The van der Waals surface area contributed by atoms with Gasteiger partial charge in [0, 0.05) is 68.5 Å². The number of hydrogen-bond donors (Lipinski definition) is 3. The van der Waals surface area contributed by atoms with Crippen LogP contribution < -0.4 is 24.4 Å². The van der Waals surface area contributed by atoms with Crippen LogP contribution in [0.2, 0.25) is 5.02 Å². The first-order valence-electron chi connectivity index (χ1n) is 22.8. The molecule has 0 bridgehead atoms. The fourth-order valence-electron chi connectivity index (χ4n) is 9.82. The molecule has 4 heterocycles. The number of allylic oxidation sites excluding steroid dienone is 1. The number of hydrogen-bond acceptors (Lipinski definition) is 12. The number of morpholine rings is 1. The summed E-state index contributed by atoms with van der Waals surface area (Å²) in [5, 5.41) is 17.2. The number of carbonyl (C=O) groups is 1. The number of rotatable bonds is 13. The molecule has 9 rings (SSSR count). The van der Waals surface area contributed by atoms with Crippen molar-refractivity contribution in [3.63, 3.8) is 0 Å². The van der Waals surface area contributed by atoms with Crippen molar-refractivity contribution in [2.24, 2.45) is 11.3 Å². The fourth-order valence-corrected chi connectivity index (χ4v) is 10.9. The van der Waals surface area contributed by atoms with E-state index >= 15 is 0 Å². The predicted octanol–water partition coefficient (Wildman–Crippen LogP) is 8.75. The lowest BCUT2D eigenvalue weighted by molar-refractivity contribution is -0.386. The summed E-state index contributed by atoms with van der Waals surface area (Å²) < 4.78 is 48.6. The third-order valence-corrected chi connectivity index (χ3v) is 15.1. The molecule has 2 aliphatic carbocycles. The molecular weight excluding hydrogens is 882 g/mol. The molecule has 1 unspecified atom stereocenters. The summed E-state index contributed by atoms with van der Waals surface area (Å²) in [4.78, 5) is 37.6. The van der Waals surface area contributed by atoms with Gasteiger partial charge in [-0.2, -0.15) is 0 Å². The molecule has 17 heteroatoms. The molecule has 348 valence electrons. The van der Waals surface area contributed by atoms with Crippen molar-refractivity contribution >= 4 is 55.5 Å². The van der Waals surface area contributed by atoms with E-state index in [1.54, 1.807) is 24.5 Å². The van der Waals surface area contributed by atoms with Crippen LogP contribution in [0, 0.1) is 21.4 Å². The van der Waals surface area contributed by atoms with Gasteiger partial charge in [-0.15, -0.1) is 0 Å². The Labute approximate surface area is 390 Å². The van der Waals surface area contributed by atoms with Crippen LogP contribution in [-0.2, 0) is 14.8 Å². The number of H-pyrrole nitrogens is 1. The number of nitro groups is 1. The first kappa shape index (κ1) is 45.6.